The van der Waals surface area contributed by atoms with Gasteiger partial charge in [0.2, 0.25) is 5.72 Å². The Morgan fingerprint density at radius 1 is 1.35 bits per heavy atom. The lowest BCUT2D eigenvalue weighted by Gasteiger charge is -2.32. The summed E-state index contributed by atoms with van der Waals surface area (Å²) in [6.07, 6.45) is -1.54. The molecule has 0 unspecified atom stereocenters. The molecule has 3 atom stereocenters. The number of carbonyl (C=O) groups excluding carboxylic acids is 2. The van der Waals surface area contributed by atoms with Crippen LogP contribution in [0.15, 0.2) is 21.9 Å². The maximum absolute atomic E-state index is 12.1. The van der Waals surface area contributed by atoms with E-state index >= 15 is 0 Å². The standard InChI is InChI=1S/C15H20N2O9/c1-23-12(20)8(13(21)24-2)6-9-11(19)15(25-3,7-26-9)17-5-4-10(18)16-14(17)22/h4-5,8-9,11,19H,6-7H2,1-3H3,(H,16,18,22)/t9-,11+,15+/m1/s1. The van der Waals surface area contributed by atoms with Crippen LogP contribution in [0.3, 0.4) is 0 Å². The average molecular weight is 372 g/mol. The Morgan fingerprint density at radius 3 is 2.46 bits per heavy atom. The van der Waals surface area contributed by atoms with Gasteiger partial charge in [-0.3, -0.25) is 23.9 Å². The molecule has 2 N–H and O–H groups in total. The summed E-state index contributed by atoms with van der Waals surface area (Å²) in [5.74, 6) is -3.00. The van der Waals surface area contributed by atoms with Gasteiger partial charge in [0.15, 0.2) is 5.92 Å². The van der Waals surface area contributed by atoms with E-state index in [4.69, 9.17) is 9.47 Å². The number of ether oxygens (including phenoxy) is 4. The summed E-state index contributed by atoms with van der Waals surface area (Å²) >= 11 is 0. The minimum atomic E-state index is -1.64. The van der Waals surface area contributed by atoms with E-state index in [1.54, 1.807) is 0 Å². The highest BCUT2D eigenvalue weighted by molar-refractivity contribution is 5.94. The molecule has 1 aromatic rings. The first-order chi connectivity index (χ1) is 12.3. The van der Waals surface area contributed by atoms with Gasteiger partial charge in [-0.2, -0.15) is 0 Å². The van der Waals surface area contributed by atoms with E-state index in [0.29, 0.717) is 0 Å². The van der Waals surface area contributed by atoms with Crippen molar-refractivity contribution in [3.8, 4) is 0 Å². The van der Waals surface area contributed by atoms with Crippen LogP contribution in [0.4, 0.5) is 0 Å². The van der Waals surface area contributed by atoms with Gasteiger partial charge in [-0.15, -0.1) is 0 Å². The van der Waals surface area contributed by atoms with Crippen molar-refractivity contribution in [2.45, 2.75) is 24.4 Å². The van der Waals surface area contributed by atoms with Crippen LogP contribution < -0.4 is 11.2 Å². The number of carbonyl (C=O) groups is 2. The largest absolute Gasteiger partial charge is 0.468 e. The number of H-pyrrole nitrogens is 1. The molecule has 0 saturated carbocycles. The molecule has 1 aliphatic heterocycles. The molecule has 26 heavy (non-hydrogen) atoms. The summed E-state index contributed by atoms with van der Waals surface area (Å²) in [5.41, 5.74) is -3.05. The highest BCUT2D eigenvalue weighted by Gasteiger charge is 2.53. The van der Waals surface area contributed by atoms with Crippen molar-refractivity contribution in [2.75, 3.05) is 27.9 Å². The van der Waals surface area contributed by atoms with Crippen LogP contribution in [0.2, 0.25) is 0 Å². The Hall–Kier alpha value is -2.50. The minimum Gasteiger partial charge on any atom is -0.468 e. The van der Waals surface area contributed by atoms with E-state index in [-0.39, 0.29) is 13.0 Å². The number of nitrogens with one attached hydrogen (secondary N) is 1. The molecule has 0 bridgehead atoms. The predicted molar refractivity (Wildman–Crippen MR) is 84.2 cm³/mol. The molecule has 1 aromatic heterocycles. The first kappa shape index (κ1) is 19.8. The van der Waals surface area contributed by atoms with Gasteiger partial charge >= 0.3 is 17.6 Å². The van der Waals surface area contributed by atoms with Crippen molar-refractivity contribution in [3.63, 3.8) is 0 Å². The van der Waals surface area contributed by atoms with E-state index in [2.05, 4.69) is 14.5 Å². The summed E-state index contributed by atoms with van der Waals surface area (Å²) < 4.78 is 21.0. The normalized spacial score (nSPS) is 25.3. The summed E-state index contributed by atoms with van der Waals surface area (Å²) in [5, 5.41) is 10.7. The number of nitrogens with zero attached hydrogens (tertiary/aromatic N) is 1. The van der Waals surface area contributed by atoms with Gasteiger partial charge in [0, 0.05) is 25.8 Å². The highest BCUT2D eigenvalue weighted by Crippen LogP contribution is 2.34. The van der Waals surface area contributed by atoms with E-state index in [1.165, 1.54) is 7.11 Å². The van der Waals surface area contributed by atoms with Gasteiger partial charge in [-0.25, -0.2) is 4.79 Å². The van der Waals surface area contributed by atoms with Gasteiger partial charge < -0.3 is 24.1 Å². The van der Waals surface area contributed by atoms with Crippen molar-refractivity contribution in [1.82, 2.24) is 9.55 Å². The van der Waals surface area contributed by atoms with Crippen LogP contribution in [0.5, 0.6) is 0 Å². The van der Waals surface area contributed by atoms with Crippen LogP contribution in [-0.4, -0.2) is 66.7 Å². The SMILES string of the molecule is COC(=O)C(C[C@H]1OC[C@@](OC)(n2ccc(=O)[nH]c2=O)[C@H]1O)C(=O)OC. The Kier molecular flexibility index (Phi) is 5.95. The average Bonchev–Trinajstić information content (AvgIpc) is 2.95. The fraction of sp³-hybridized carbons (Fsp3) is 0.600. The molecular formula is C15H20N2O9. The lowest BCUT2D eigenvalue weighted by atomic mass is 9.95. The molecule has 1 fully saturated rings. The molecule has 1 aliphatic rings. The number of aromatic nitrogens is 2. The second-order valence-electron chi connectivity index (χ2n) is 5.66. The number of hydrogen-bond donors (Lipinski definition) is 2. The van der Waals surface area contributed by atoms with Gasteiger partial charge in [-0.1, -0.05) is 0 Å². The van der Waals surface area contributed by atoms with E-state index in [9.17, 15) is 24.3 Å². The molecule has 1 saturated heterocycles. The highest BCUT2D eigenvalue weighted by atomic mass is 16.6. The first-order valence-electron chi connectivity index (χ1n) is 7.63. The molecule has 144 valence electrons. The molecular weight excluding hydrogens is 352 g/mol. The van der Waals surface area contributed by atoms with Gasteiger partial charge in [0.25, 0.3) is 5.56 Å². The molecule has 0 amide bonds. The number of rotatable bonds is 6. The fourth-order valence-corrected chi connectivity index (χ4v) is 2.90. The Balaban J connectivity index is 2.33. The van der Waals surface area contributed by atoms with Crippen LogP contribution >= 0.6 is 0 Å². The van der Waals surface area contributed by atoms with E-state index in [1.807, 2.05) is 0 Å². The van der Waals surface area contributed by atoms with E-state index < -0.39 is 47.0 Å². The number of aliphatic hydroxyl groups excluding tert-OH is 1. The third-order valence-electron chi connectivity index (χ3n) is 4.34. The molecule has 2 heterocycles. The quantitative estimate of drug-likeness (QED) is 0.425. The second kappa shape index (κ2) is 7.81. The number of hydrogen-bond acceptors (Lipinski definition) is 9. The van der Waals surface area contributed by atoms with Crippen molar-refractivity contribution < 1.29 is 33.6 Å². The zero-order chi connectivity index (χ0) is 19.5. The minimum absolute atomic E-state index is 0.246. The van der Waals surface area contributed by atoms with Crippen molar-refractivity contribution in [3.05, 3.63) is 33.1 Å². The van der Waals surface area contributed by atoms with Gasteiger partial charge in [-0.05, 0) is 0 Å². The maximum atomic E-state index is 12.1. The van der Waals surface area contributed by atoms with Crippen molar-refractivity contribution in [2.24, 2.45) is 5.92 Å². The van der Waals surface area contributed by atoms with Gasteiger partial charge in [0.05, 0.1) is 26.9 Å². The Bertz CT molecular complexity index is 770. The Morgan fingerprint density at radius 2 is 1.96 bits per heavy atom. The van der Waals surface area contributed by atoms with Gasteiger partial charge in [0.1, 0.15) is 6.10 Å². The topological polar surface area (TPSA) is 146 Å². The molecule has 0 aliphatic carbocycles. The van der Waals surface area contributed by atoms with Crippen LogP contribution in [0, 0.1) is 5.92 Å². The number of aliphatic hydroxyl groups is 1. The van der Waals surface area contributed by atoms with Crippen LogP contribution in [0.1, 0.15) is 6.42 Å². The monoisotopic (exact) mass is 372 g/mol. The van der Waals surface area contributed by atoms with Crippen molar-refractivity contribution >= 4 is 11.9 Å². The molecule has 2 rings (SSSR count). The molecule has 0 aromatic carbocycles. The summed E-state index contributed by atoms with van der Waals surface area (Å²) in [6.45, 7) is -0.254. The molecule has 0 radical (unpaired) electrons. The summed E-state index contributed by atoms with van der Waals surface area (Å²) in [6, 6.07) is 1.09. The maximum Gasteiger partial charge on any atom is 0.330 e. The molecule has 0 spiro atoms. The molecule has 11 heteroatoms. The zero-order valence-corrected chi connectivity index (χ0v) is 14.5. The Labute approximate surface area is 147 Å². The third kappa shape index (κ3) is 3.41. The number of methoxy groups -OCH3 is 3. The zero-order valence-electron chi connectivity index (χ0n) is 14.5. The van der Waals surface area contributed by atoms with Crippen LogP contribution in [0.25, 0.3) is 0 Å². The lowest BCUT2D eigenvalue weighted by Crippen LogP contribution is -2.53. The first-order valence-corrected chi connectivity index (χ1v) is 7.63. The number of esters is 2. The fourth-order valence-electron chi connectivity index (χ4n) is 2.90. The smallest absolute Gasteiger partial charge is 0.330 e. The van der Waals surface area contributed by atoms with Crippen molar-refractivity contribution in [1.29, 1.82) is 0 Å². The summed E-state index contributed by atoms with van der Waals surface area (Å²) in [7, 11) is 3.48. The predicted octanol–water partition coefficient (Wildman–Crippen LogP) is -2.05. The second-order valence-corrected chi connectivity index (χ2v) is 5.66. The summed E-state index contributed by atoms with van der Waals surface area (Å²) in [4.78, 5) is 49.0. The molecule has 11 nitrogen and oxygen atoms in total. The lowest BCUT2D eigenvalue weighted by molar-refractivity contribution is -0.162. The van der Waals surface area contributed by atoms with Crippen LogP contribution in [-0.2, 0) is 34.3 Å². The third-order valence-corrected chi connectivity index (χ3v) is 4.34. The number of aromatic amines is 1. The van der Waals surface area contributed by atoms with E-state index in [0.717, 1.165) is 31.0 Å².